The summed E-state index contributed by atoms with van der Waals surface area (Å²) in [5.74, 6) is -1.73. The topological polar surface area (TPSA) is 109 Å². The lowest BCUT2D eigenvalue weighted by atomic mass is 9.61. The fourth-order valence-electron chi connectivity index (χ4n) is 7.85. The summed E-state index contributed by atoms with van der Waals surface area (Å²) in [7, 11) is 0. The fourth-order valence-corrected chi connectivity index (χ4v) is 8.31. The Hall–Kier alpha value is -3.47. The fraction of sp³-hybridized carbons (Fsp3) is 0.400. The van der Waals surface area contributed by atoms with Gasteiger partial charge in [0.25, 0.3) is 0 Å². The standard InChI is InChI=1S/C30H26Cl2FN5O4/c1-29(8-9-34-25(32)24(29)33)23-22-21(13-42-26-17-6-4-15(27(39)40)10-19(17)36-38(22)26)37(12-14-2-3-14)30(23)18-7-5-16(31)11-20(18)35-28(30)41/h4-7,9-11,14,21-23H,2-3,8,12-13H2,1H3,(H,35,41)(H,39,40)/t21-,22+,23+,29?,30+/m0/s1. The van der Waals surface area contributed by atoms with E-state index in [-0.39, 0.29) is 35.7 Å². The Kier molecular flexibility index (Phi) is 5.47. The van der Waals surface area contributed by atoms with Crippen molar-refractivity contribution in [2.75, 3.05) is 18.5 Å². The first-order valence-electron chi connectivity index (χ1n) is 14.0. The first-order chi connectivity index (χ1) is 20.1. The molecular formula is C30H26Cl2FN5O4. The minimum absolute atomic E-state index is 0.0986. The summed E-state index contributed by atoms with van der Waals surface area (Å²) in [6, 6.07) is 9.21. The number of carbonyl (C=O) groups is 2. The highest BCUT2D eigenvalue weighted by atomic mass is 35.5. The van der Waals surface area contributed by atoms with E-state index in [0.29, 0.717) is 40.0 Å². The number of aromatic carboxylic acids is 1. The van der Waals surface area contributed by atoms with Gasteiger partial charge in [-0.3, -0.25) is 9.69 Å². The van der Waals surface area contributed by atoms with E-state index in [0.717, 1.165) is 18.4 Å². The Morgan fingerprint density at radius 3 is 2.81 bits per heavy atom. The number of likely N-dealkylation sites (tertiary alicyclic amines) is 1. The second-order valence-electron chi connectivity index (χ2n) is 12.2. The molecule has 1 spiro atoms. The second-order valence-corrected chi connectivity index (χ2v) is 13.0. The van der Waals surface area contributed by atoms with Crippen LogP contribution in [0.15, 0.2) is 52.4 Å². The molecule has 0 bridgehead atoms. The van der Waals surface area contributed by atoms with Gasteiger partial charge in [-0.1, -0.05) is 36.2 Å². The van der Waals surface area contributed by atoms with Gasteiger partial charge in [-0.25, -0.2) is 18.9 Å². The smallest absolute Gasteiger partial charge is 0.335 e. The van der Waals surface area contributed by atoms with Crippen LogP contribution < -0.4 is 10.1 Å². The number of aliphatic imine (C=N–C) groups is 1. The van der Waals surface area contributed by atoms with E-state index in [1.165, 1.54) is 12.1 Å². The van der Waals surface area contributed by atoms with Gasteiger partial charge in [0, 0.05) is 40.4 Å². The SMILES string of the molecule is CC1([C@H]2[C@H]3[C@H](COc4c5ccc(C(=O)O)cc5nn43)N(CC3CC3)[C@@]23C(=O)Nc2cc(Cl)ccc23)CC=NC(Cl)=C1F. The van der Waals surface area contributed by atoms with E-state index in [4.69, 9.17) is 33.0 Å². The number of nitrogens with zero attached hydrogens (tertiary/aromatic N) is 4. The molecule has 12 heteroatoms. The maximum atomic E-state index is 16.5. The average Bonchev–Trinajstić information content (AvgIpc) is 3.54. The molecule has 9 nitrogen and oxygen atoms in total. The number of hydrogen-bond acceptors (Lipinski definition) is 6. The van der Waals surface area contributed by atoms with Crippen molar-refractivity contribution in [1.82, 2.24) is 14.7 Å². The predicted octanol–water partition coefficient (Wildman–Crippen LogP) is 5.74. The molecule has 216 valence electrons. The van der Waals surface area contributed by atoms with Gasteiger partial charge in [0.2, 0.25) is 11.8 Å². The van der Waals surface area contributed by atoms with Crippen LogP contribution in [-0.4, -0.2) is 57.1 Å². The molecule has 2 aromatic carbocycles. The van der Waals surface area contributed by atoms with Crippen LogP contribution >= 0.6 is 23.2 Å². The van der Waals surface area contributed by atoms with Crippen molar-refractivity contribution < 1.29 is 23.8 Å². The zero-order valence-electron chi connectivity index (χ0n) is 22.5. The highest BCUT2D eigenvalue weighted by molar-refractivity contribution is 6.31. The third-order valence-corrected chi connectivity index (χ3v) is 10.3. The lowest BCUT2D eigenvalue weighted by molar-refractivity contribution is -0.132. The minimum atomic E-state index is -1.29. The molecule has 3 aromatic rings. The monoisotopic (exact) mass is 609 g/mol. The quantitative estimate of drug-likeness (QED) is 0.365. The molecule has 4 aliphatic heterocycles. The first-order valence-corrected chi connectivity index (χ1v) is 14.7. The summed E-state index contributed by atoms with van der Waals surface area (Å²) in [6.45, 7) is 2.68. The zero-order chi connectivity index (χ0) is 29.1. The molecule has 5 atom stereocenters. The number of halogens is 3. The maximum absolute atomic E-state index is 16.5. The van der Waals surface area contributed by atoms with Gasteiger partial charge in [-0.2, -0.15) is 5.10 Å². The molecule has 1 amide bonds. The van der Waals surface area contributed by atoms with Crippen LogP contribution in [-0.2, 0) is 10.3 Å². The van der Waals surface area contributed by atoms with Crippen LogP contribution in [0.4, 0.5) is 10.1 Å². The summed E-state index contributed by atoms with van der Waals surface area (Å²) in [6.07, 6.45) is 3.93. The Labute approximate surface area is 249 Å². The van der Waals surface area contributed by atoms with Crippen LogP contribution in [0.5, 0.6) is 5.88 Å². The number of nitrogens with one attached hydrogen (secondary N) is 1. The number of carboxylic acids is 1. The molecule has 1 unspecified atom stereocenters. The number of anilines is 1. The number of benzene rings is 2. The van der Waals surface area contributed by atoms with Crippen LogP contribution in [0.25, 0.3) is 10.9 Å². The van der Waals surface area contributed by atoms with Gasteiger partial charge in [0.15, 0.2) is 5.16 Å². The predicted molar refractivity (Wildman–Crippen MR) is 155 cm³/mol. The molecule has 2 N–H and O–H groups in total. The Morgan fingerprint density at radius 2 is 2.05 bits per heavy atom. The number of hydrogen-bond donors (Lipinski definition) is 2. The number of amides is 1. The first kappa shape index (κ1) is 26.2. The van der Waals surface area contributed by atoms with Crippen molar-refractivity contribution in [2.24, 2.45) is 22.2 Å². The number of allylic oxidation sites excluding steroid dienone is 1. The molecule has 42 heavy (non-hydrogen) atoms. The molecule has 1 aromatic heterocycles. The molecule has 1 saturated carbocycles. The third kappa shape index (κ3) is 3.34. The Balaban J connectivity index is 1.43. The van der Waals surface area contributed by atoms with E-state index in [1.807, 2.05) is 13.0 Å². The number of carbonyl (C=O) groups excluding carboxylic acids is 1. The summed E-state index contributed by atoms with van der Waals surface area (Å²) in [4.78, 5) is 32.6. The molecule has 1 aliphatic carbocycles. The number of fused-ring (bicyclic) bond motifs is 7. The number of ether oxygens (including phenoxy) is 1. The van der Waals surface area contributed by atoms with Crippen LogP contribution in [0.2, 0.25) is 5.02 Å². The van der Waals surface area contributed by atoms with Gasteiger partial charge in [0.05, 0.1) is 28.6 Å². The average molecular weight is 610 g/mol. The van der Waals surface area contributed by atoms with Crippen LogP contribution in [0.1, 0.15) is 48.1 Å². The molecule has 0 radical (unpaired) electrons. The van der Waals surface area contributed by atoms with Gasteiger partial charge in [0.1, 0.15) is 18.0 Å². The summed E-state index contributed by atoms with van der Waals surface area (Å²) in [5, 5.41) is 18.5. The van der Waals surface area contributed by atoms with Crippen molar-refractivity contribution in [3.05, 3.63) is 63.5 Å². The van der Waals surface area contributed by atoms with Crippen molar-refractivity contribution in [3.8, 4) is 5.88 Å². The lowest BCUT2D eigenvalue weighted by Crippen LogP contribution is -2.57. The second kappa shape index (κ2) is 8.78. The summed E-state index contributed by atoms with van der Waals surface area (Å²) < 4.78 is 24.6. The van der Waals surface area contributed by atoms with Crippen LogP contribution in [0, 0.1) is 17.3 Å². The van der Waals surface area contributed by atoms with E-state index in [9.17, 15) is 14.7 Å². The van der Waals surface area contributed by atoms with E-state index < -0.39 is 34.7 Å². The van der Waals surface area contributed by atoms with Gasteiger partial charge < -0.3 is 15.2 Å². The Morgan fingerprint density at radius 1 is 1.24 bits per heavy atom. The van der Waals surface area contributed by atoms with Gasteiger partial charge >= 0.3 is 5.97 Å². The molecule has 1 saturated heterocycles. The third-order valence-electron chi connectivity index (χ3n) is 9.84. The van der Waals surface area contributed by atoms with E-state index in [1.54, 1.807) is 29.1 Å². The molecule has 5 heterocycles. The number of aromatic nitrogens is 2. The highest BCUT2D eigenvalue weighted by Crippen LogP contribution is 2.66. The van der Waals surface area contributed by atoms with Crippen molar-refractivity contribution in [1.29, 1.82) is 0 Å². The highest BCUT2D eigenvalue weighted by Gasteiger charge is 2.73. The van der Waals surface area contributed by atoms with Crippen molar-refractivity contribution >= 4 is 57.9 Å². The van der Waals surface area contributed by atoms with Gasteiger partial charge in [-0.15, -0.1) is 0 Å². The Bertz CT molecular complexity index is 1790. The molecule has 2 fully saturated rings. The van der Waals surface area contributed by atoms with E-state index in [2.05, 4.69) is 15.2 Å². The summed E-state index contributed by atoms with van der Waals surface area (Å²) >= 11 is 12.7. The van der Waals surface area contributed by atoms with E-state index >= 15 is 4.39 Å². The summed E-state index contributed by atoms with van der Waals surface area (Å²) in [5.41, 5.74) is -0.651. The zero-order valence-corrected chi connectivity index (χ0v) is 24.0. The minimum Gasteiger partial charge on any atom is -0.478 e. The normalized spacial score (nSPS) is 31.7. The molecule has 8 rings (SSSR count). The largest absolute Gasteiger partial charge is 0.478 e. The van der Waals surface area contributed by atoms with Crippen LogP contribution in [0.3, 0.4) is 0 Å². The maximum Gasteiger partial charge on any atom is 0.335 e. The molecule has 5 aliphatic rings. The number of rotatable bonds is 4. The van der Waals surface area contributed by atoms with Crippen molar-refractivity contribution in [3.63, 3.8) is 0 Å². The lowest BCUT2D eigenvalue weighted by Gasteiger charge is -2.46. The molecular weight excluding hydrogens is 584 g/mol. The number of carboxylic acid groups (broad SMARTS) is 1. The van der Waals surface area contributed by atoms with Crippen molar-refractivity contribution in [2.45, 2.75) is 43.8 Å². The van der Waals surface area contributed by atoms with Gasteiger partial charge in [-0.05, 0) is 55.5 Å².